The summed E-state index contributed by atoms with van der Waals surface area (Å²) in [6, 6.07) is 22.1. The number of halogens is 1. The van der Waals surface area contributed by atoms with Gasteiger partial charge in [-0.25, -0.2) is 0 Å². The summed E-state index contributed by atoms with van der Waals surface area (Å²) in [5.41, 5.74) is 7.41. The number of nitrogens with zero attached hydrogens (tertiary/aromatic N) is 4. The summed E-state index contributed by atoms with van der Waals surface area (Å²) in [4.78, 5) is 23.4. The predicted molar refractivity (Wildman–Crippen MR) is 198 cm³/mol. The smallest absolute Gasteiger partial charge is 0.347 e. The number of aliphatic imine (C=N–C) groups is 1. The van der Waals surface area contributed by atoms with Crippen LogP contribution in [0.15, 0.2) is 88.1 Å². The second kappa shape index (κ2) is 15.6. The molecule has 0 fully saturated rings. The number of carbonyl (C=O) groups excluding carboxylic acids is 1. The number of hydrogen-bond acceptors (Lipinski definition) is 6. The lowest BCUT2D eigenvalue weighted by Crippen LogP contribution is -2.30. The van der Waals surface area contributed by atoms with Crippen molar-refractivity contribution in [2.75, 3.05) is 13.7 Å². The van der Waals surface area contributed by atoms with E-state index < -0.39 is 14.8 Å². The Morgan fingerprint density at radius 2 is 1.81 bits per heavy atom. The SMILES string of the molecule is CCC1Cc2ccc(OC)cc2C(c2ccc(Cl)cc2)N=C(CC(=O)NCCc2ccc3cc([Si+](C)C)cnc3c2)/C(C)=N\N=C\1C. The third-order valence-electron chi connectivity index (χ3n) is 8.83. The molecule has 5 rings (SSSR count). The van der Waals surface area contributed by atoms with Crippen LogP contribution in [0.1, 0.15) is 61.9 Å². The van der Waals surface area contributed by atoms with Gasteiger partial charge in [0.15, 0.2) is 0 Å². The summed E-state index contributed by atoms with van der Waals surface area (Å²) in [7, 11) is 1.12. The fourth-order valence-electron chi connectivity index (χ4n) is 5.83. The standard InChI is InChI=1S/C38H42ClN5O2Si/c1-7-27-19-29-12-15-32(46-4)21-34(29)38(28-10-13-31(39)14-11-28)42-35(25(3)44-43-24(27)2)22-37(45)40-17-16-26-8-9-30-20-33(47(5)6)23-41-36(30)18-26/h8-15,18,20-21,23,27,38H,7,16-17,19,22H2,1-6H3/p+1/b42-35?,43-24+,44-25-. The number of hydrogen-bond donors (Lipinski definition) is 1. The minimum absolute atomic E-state index is 0.0740. The summed E-state index contributed by atoms with van der Waals surface area (Å²) in [6.45, 7) is 11.1. The fraction of sp³-hybridized carbons (Fsp3) is 0.342. The van der Waals surface area contributed by atoms with E-state index in [1.807, 2.05) is 50.4 Å². The van der Waals surface area contributed by atoms with Crippen LogP contribution in [0, 0.1) is 5.92 Å². The van der Waals surface area contributed by atoms with Crippen molar-refractivity contribution < 1.29 is 9.53 Å². The van der Waals surface area contributed by atoms with E-state index in [1.54, 1.807) is 7.11 Å². The number of benzene rings is 3. The zero-order valence-corrected chi connectivity index (χ0v) is 29.9. The number of carbonyl (C=O) groups is 1. The molecule has 0 saturated carbocycles. The van der Waals surface area contributed by atoms with Gasteiger partial charge < -0.3 is 10.1 Å². The number of methoxy groups -OCH3 is 1. The van der Waals surface area contributed by atoms with Crippen molar-refractivity contribution >= 4 is 59.5 Å². The van der Waals surface area contributed by atoms with Crippen molar-refractivity contribution in [2.45, 2.75) is 65.6 Å². The third-order valence-corrected chi connectivity index (χ3v) is 10.5. The van der Waals surface area contributed by atoms with Crippen LogP contribution < -0.4 is 15.2 Å². The van der Waals surface area contributed by atoms with E-state index in [0.717, 1.165) is 57.5 Å². The topological polar surface area (TPSA) is 88.3 Å². The van der Waals surface area contributed by atoms with Crippen LogP contribution in [0.25, 0.3) is 10.9 Å². The Balaban J connectivity index is 1.44. The van der Waals surface area contributed by atoms with E-state index in [4.69, 9.17) is 26.3 Å². The second-order valence-corrected chi connectivity index (χ2v) is 15.4. The summed E-state index contributed by atoms with van der Waals surface area (Å²) in [5, 5.41) is 15.5. The summed E-state index contributed by atoms with van der Waals surface area (Å²) >= 11 is 6.29. The van der Waals surface area contributed by atoms with Gasteiger partial charge in [-0.05, 0) is 91.8 Å². The highest BCUT2D eigenvalue weighted by Crippen LogP contribution is 2.35. The number of pyridine rings is 1. The number of amides is 1. The van der Waals surface area contributed by atoms with Gasteiger partial charge in [0, 0.05) is 28.6 Å². The Bertz CT molecular complexity index is 1830. The summed E-state index contributed by atoms with van der Waals surface area (Å²) in [6.07, 6.45) is 4.48. The first-order valence-corrected chi connectivity index (χ1v) is 19.1. The van der Waals surface area contributed by atoms with Gasteiger partial charge in [-0.15, -0.1) is 0 Å². The van der Waals surface area contributed by atoms with Gasteiger partial charge in [0.25, 0.3) is 0 Å². The van der Waals surface area contributed by atoms with Gasteiger partial charge in [0.1, 0.15) is 17.0 Å². The molecule has 1 N–H and O–H groups in total. The zero-order valence-electron chi connectivity index (χ0n) is 28.1. The van der Waals surface area contributed by atoms with Gasteiger partial charge in [0.2, 0.25) is 5.91 Å². The van der Waals surface area contributed by atoms with E-state index in [9.17, 15) is 4.79 Å². The largest absolute Gasteiger partial charge is 0.497 e. The van der Waals surface area contributed by atoms with E-state index >= 15 is 0 Å². The van der Waals surface area contributed by atoms with Crippen molar-refractivity contribution in [1.82, 2.24) is 10.3 Å². The molecule has 0 saturated heterocycles. The quantitative estimate of drug-likeness (QED) is 0.187. The van der Waals surface area contributed by atoms with Gasteiger partial charge in [0.05, 0.1) is 49.8 Å². The Labute approximate surface area is 284 Å². The fourth-order valence-corrected chi connectivity index (χ4v) is 6.73. The van der Waals surface area contributed by atoms with E-state index in [2.05, 4.69) is 71.9 Å². The Morgan fingerprint density at radius 3 is 2.53 bits per heavy atom. The molecule has 2 atom stereocenters. The van der Waals surface area contributed by atoms with Crippen LogP contribution in [-0.4, -0.2) is 50.5 Å². The molecule has 0 radical (unpaired) electrons. The van der Waals surface area contributed by atoms with Crippen LogP contribution in [0.5, 0.6) is 5.75 Å². The maximum absolute atomic E-state index is 13.4. The Kier molecular flexibility index (Phi) is 11.4. The molecule has 1 amide bonds. The van der Waals surface area contributed by atoms with E-state index in [1.165, 1.54) is 5.19 Å². The molecule has 1 aliphatic heterocycles. The normalized spacial score (nSPS) is 18.9. The molecule has 2 heterocycles. The zero-order chi connectivity index (χ0) is 33.5. The van der Waals surface area contributed by atoms with Crippen molar-refractivity contribution in [1.29, 1.82) is 0 Å². The molecule has 2 unspecified atom stereocenters. The molecule has 0 spiro atoms. The maximum atomic E-state index is 13.4. The maximum Gasteiger partial charge on any atom is 0.347 e. The number of fused-ring (bicyclic) bond motifs is 2. The Morgan fingerprint density at radius 1 is 1.02 bits per heavy atom. The van der Waals surface area contributed by atoms with Gasteiger partial charge in [-0.2, -0.15) is 10.2 Å². The lowest BCUT2D eigenvalue weighted by molar-refractivity contribution is -0.119. The highest BCUT2D eigenvalue weighted by molar-refractivity contribution is 6.70. The second-order valence-electron chi connectivity index (χ2n) is 12.4. The molecule has 4 aromatic rings. The molecule has 1 aliphatic rings. The lowest BCUT2D eigenvalue weighted by atomic mass is 9.87. The van der Waals surface area contributed by atoms with Crippen LogP contribution in [-0.2, 0) is 17.6 Å². The lowest BCUT2D eigenvalue weighted by Gasteiger charge is -2.22. The van der Waals surface area contributed by atoms with Crippen LogP contribution in [0.3, 0.4) is 0 Å². The molecule has 1 aromatic heterocycles. The van der Waals surface area contributed by atoms with Crippen molar-refractivity contribution in [3.05, 3.63) is 100 Å². The Hall–Kier alpha value is -4.14. The average Bonchev–Trinajstić information content (AvgIpc) is 3.09. The third kappa shape index (κ3) is 8.61. The average molecular weight is 665 g/mol. The molecule has 0 aliphatic carbocycles. The first kappa shape index (κ1) is 34.2. The van der Waals surface area contributed by atoms with Crippen molar-refractivity contribution in [3.8, 4) is 5.75 Å². The molecule has 9 heteroatoms. The van der Waals surface area contributed by atoms with Gasteiger partial charge >= 0.3 is 8.80 Å². The van der Waals surface area contributed by atoms with Crippen LogP contribution in [0.4, 0.5) is 0 Å². The first-order chi connectivity index (χ1) is 22.6. The minimum Gasteiger partial charge on any atom is -0.497 e. The number of ether oxygens (including phenoxy) is 1. The van der Waals surface area contributed by atoms with Crippen LogP contribution in [0.2, 0.25) is 18.1 Å². The molecule has 242 valence electrons. The molecular formula is C38H43ClN5O2Si+. The summed E-state index contributed by atoms with van der Waals surface area (Å²) in [5.74, 6) is 0.838. The molecular weight excluding hydrogens is 622 g/mol. The minimum atomic E-state index is -0.553. The monoisotopic (exact) mass is 664 g/mol. The number of rotatable bonds is 9. The van der Waals surface area contributed by atoms with Crippen LogP contribution >= 0.6 is 11.6 Å². The van der Waals surface area contributed by atoms with E-state index in [0.29, 0.717) is 29.4 Å². The molecule has 47 heavy (non-hydrogen) atoms. The molecule has 3 aromatic carbocycles. The van der Waals surface area contributed by atoms with Crippen molar-refractivity contribution in [3.63, 3.8) is 0 Å². The van der Waals surface area contributed by atoms with Crippen molar-refractivity contribution in [2.24, 2.45) is 21.1 Å². The highest BCUT2D eigenvalue weighted by Gasteiger charge is 2.24. The summed E-state index contributed by atoms with van der Waals surface area (Å²) < 4.78 is 5.66. The van der Waals surface area contributed by atoms with Gasteiger partial charge in [-0.1, -0.05) is 48.9 Å². The number of nitrogens with one attached hydrogen (secondary N) is 1. The predicted octanol–water partition coefficient (Wildman–Crippen LogP) is 7.56. The number of aromatic nitrogens is 1. The highest BCUT2D eigenvalue weighted by atomic mass is 35.5. The van der Waals surface area contributed by atoms with E-state index in [-0.39, 0.29) is 18.2 Å². The molecule has 7 nitrogen and oxygen atoms in total. The first-order valence-electron chi connectivity index (χ1n) is 16.2. The molecule has 0 bridgehead atoms. The van der Waals surface area contributed by atoms with Gasteiger partial charge in [-0.3, -0.25) is 14.8 Å².